The second-order valence-electron chi connectivity index (χ2n) is 21.5. The standard InChI is InChI=1S/C62H76ClO2P/c1-33(2)45-27-48(35(5)6)60(49(28-45)36(7)8)66(61-50(37(9)10)29-46(34(3)4)30-51(61)38(11)12)62-52(39(13)14)31-47(32-53(62)40(15)16)55-54(43-23-19-41(17)20-24-43)59(65)57(63)56(58(55)64)44-25-21-42(18)22-26-44/h19-40H,1-18H3. The fourth-order valence-corrected chi connectivity index (χ4v) is 14.0. The molecule has 0 amide bonds. The number of carbonyl (C=O) groups is 2. The molecule has 4 heteroatoms. The van der Waals surface area contributed by atoms with Crippen LogP contribution in [0.15, 0.2) is 90.0 Å². The summed E-state index contributed by atoms with van der Waals surface area (Å²) in [6.07, 6.45) is 0. The van der Waals surface area contributed by atoms with E-state index in [1.807, 2.05) is 62.4 Å². The lowest BCUT2D eigenvalue weighted by Gasteiger charge is -2.37. The molecule has 0 saturated heterocycles. The van der Waals surface area contributed by atoms with Crippen molar-refractivity contribution in [3.63, 3.8) is 0 Å². The van der Waals surface area contributed by atoms with Gasteiger partial charge in [0.15, 0.2) is 5.78 Å². The molecule has 348 valence electrons. The Balaban J connectivity index is 1.86. The van der Waals surface area contributed by atoms with Crippen molar-refractivity contribution in [1.82, 2.24) is 0 Å². The fraction of sp³-hybridized carbons (Fsp3) is 0.419. The molecule has 2 nitrogen and oxygen atoms in total. The van der Waals surface area contributed by atoms with E-state index >= 15 is 4.79 Å². The number of Topliss-reactive ketones (excluding diaryl/α,β-unsaturated/α-hetero) is 2. The summed E-state index contributed by atoms with van der Waals surface area (Å²) < 4.78 is 0. The zero-order chi connectivity index (χ0) is 48.8. The van der Waals surface area contributed by atoms with Crippen LogP contribution < -0.4 is 15.9 Å². The van der Waals surface area contributed by atoms with Gasteiger partial charge < -0.3 is 0 Å². The van der Waals surface area contributed by atoms with Gasteiger partial charge in [-0.1, -0.05) is 218 Å². The highest BCUT2D eigenvalue weighted by Gasteiger charge is 2.39. The maximum atomic E-state index is 15.5. The van der Waals surface area contributed by atoms with E-state index in [2.05, 4.69) is 147 Å². The molecule has 0 bridgehead atoms. The molecule has 5 aromatic carbocycles. The number of allylic oxidation sites excluding steroid dienone is 4. The maximum absolute atomic E-state index is 15.5. The molecule has 0 spiro atoms. The van der Waals surface area contributed by atoms with Crippen molar-refractivity contribution in [2.45, 2.75) is 172 Å². The zero-order valence-electron chi connectivity index (χ0n) is 43.3. The first-order valence-corrected chi connectivity index (χ1v) is 26.4. The minimum Gasteiger partial charge on any atom is -0.288 e. The highest BCUT2D eigenvalue weighted by atomic mass is 35.5. The number of ketones is 2. The topological polar surface area (TPSA) is 34.1 Å². The summed E-state index contributed by atoms with van der Waals surface area (Å²) in [4.78, 5) is 30.5. The van der Waals surface area contributed by atoms with Crippen LogP contribution in [0.2, 0.25) is 0 Å². The van der Waals surface area contributed by atoms with Crippen molar-refractivity contribution in [2.24, 2.45) is 0 Å². The third-order valence-corrected chi connectivity index (χ3v) is 16.9. The third-order valence-electron chi connectivity index (χ3n) is 13.6. The number of rotatable bonds is 14. The van der Waals surface area contributed by atoms with Gasteiger partial charge in [0.2, 0.25) is 5.78 Å². The van der Waals surface area contributed by atoms with Crippen molar-refractivity contribution in [3.05, 3.63) is 162 Å². The molecule has 0 aliphatic heterocycles. The molecular weight excluding hydrogens is 843 g/mol. The Hall–Kier alpha value is -4.36. The van der Waals surface area contributed by atoms with Crippen LogP contribution in [0.1, 0.15) is 230 Å². The van der Waals surface area contributed by atoms with Crippen molar-refractivity contribution in [2.75, 3.05) is 0 Å². The van der Waals surface area contributed by atoms with Crippen molar-refractivity contribution in [3.8, 4) is 0 Å². The number of hydrogen-bond acceptors (Lipinski definition) is 2. The van der Waals surface area contributed by atoms with Gasteiger partial charge in [-0.2, -0.15) is 0 Å². The maximum Gasteiger partial charge on any atom is 0.206 e. The predicted octanol–water partition coefficient (Wildman–Crippen LogP) is 16.8. The summed E-state index contributed by atoms with van der Waals surface area (Å²) in [5.41, 5.74) is 16.3. The molecule has 1 aliphatic rings. The number of hydrogen-bond donors (Lipinski definition) is 0. The van der Waals surface area contributed by atoms with Crippen LogP contribution in [-0.4, -0.2) is 11.6 Å². The molecule has 0 aromatic heterocycles. The average molecular weight is 920 g/mol. The normalized spacial score (nSPS) is 13.9. The lowest BCUT2D eigenvalue weighted by atomic mass is 9.78. The second-order valence-corrected chi connectivity index (χ2v) is 23.9. The van der Waals surface area contributed by atoms with Gasteiger partial charge in [0.1, 0.15) is 5.03 Å². The lowest BCUT2D eigenvalue weighted by Crippen LogP contribution is -2.35. The molecule has 5 aromatic rings. The van der Waals surface area contributed by atoms with E-state index < -0.39 is 7.92 Å². The Labute approximate surface area is 405 Å². The zero-order valence-corrected chi connectivity index (χ0v) is 45.0. The molecular formula is C62H76ClO2P. The molecule has 0 N–H and O–H groups in total. The summed E-state index contributed by atoms with van der Waals surface area (Å²) in [7, 11) is -1.19. The van der Waals surface area contributed by atoms with Gasteiger partial charge in [-0.3, -0.25) is 9.59 Å². The molecule has 0 heterocycles. The van der Waals surface area contributed by atoms with E-state index in [1.54, 1.807) is 0 Å². The highest BCUT2D eigenvalue weighted by Crippen LogP contribution is 2.50. The molecule has 0 unspecified atom stereocenters. The predicted molar refractivity (Wildman–Crippen MR) is 290 cm³/mol. The Morgan fingerprint density at radius 1 is 0.348 bits per heavy atom. The van der Waals surface area contributed by atoms with Crippen LogP contribution in [-0.2, 0) is 9.59 Å². The first kappa shape index (κ1) is 51.0. The average Bonchev–Trinajstić information content (AvgIpc) is 3.25. The minimum atomic E-state index is -1.19. The summed E-state index contributed by atoms with van der Waals surface area (Å²) in [5, 5.41) is 4.32. The lowest BCUT2D eigenvalue weighted by molar-refractivity contribution is -0.112. The summed E-state index contributed by atoms with van der Waals surface area (Å²) in [6, 6.07) is 30.4. The molecule has 66 heavy (non-hydrogen) atoms. The van der Waals surface area contributed by atoms with Gasteiger partial charge in [-0.05, 0) is 146 Å². The van der Waals surface area contributed by atoms with Crippen LogP contribution >= 0.6 is 19.5 Å². The summed E-state index contributed by atoms with van der Waals surface area (Å²) >= 11 is 7.10. The van der Waals surface area contributed by atoms with E-state index in [0.29, 0.717) is 34.1 Å². The Morgan fingerprint density at radius 2 is 0.621 bits per heavy atom. The molecule has 0 radical (unpaired) electrons. The number of aryl methyl sites for hydroxylation is 2. The molecule has 0 saturated carbocycles. The van der Waals surface area contributed by atoms with Gasteiger partial charge >= 0.3 is 0 Å². The minimum absolute atomic E-state index is 0.0315. The Morgan fingerprint density at radius 3 is 0.909 bits per heavy atom. The molecule has 0 fully saturated rings. The monoisotopic (exact) mass is 919 g/mol. The van der Waals surface area contributed by atoms with Crippen LogP contribution in [0.4, 0.5) is 0 Å². The first-order valence-electron chi connectivity index (χ1n) is 24.7. The van der Waals surface area contributed by atoms with Crippen molar-refractivity contribution >= 4 is 63.7 Å². The van der Waals surface area contributed by atoms with Gasteiger partial charge in [0.05, 0.1) is 5.57 Å². The largest absolute Gasteiger partial charge is 0.288 e. The highest BCUT2D eigenvalue weighted by molar-refractivity contribution is 7.80. The fourth-order valence-electron chi connectivity index (χ4n) is 9.57. The molecule has 0 atom stereocenters. The first-order chi connectivity index (χ1) is 31.0. The smallest absolute Gasteiger partial charge is 0.206 e. The van der Waals surface area contributed by atoms with E-state index in [-0.39, 0.29) is 57.7 Å². The van der Waals surface area contributed by atoms with E-state index in [0.717, 1.165) is 16.7 Å². The molecule has 6 rings (SSSR count). The van der Waals surface area contributed by atoms with Crippen LogP contribution in [0.5, 0.6) is 0 Å². The Bertz CT molecular complexity index is 2530. The quantitative estimate of drug-likeness (QED) is 0.0821. The summed E-state index contributed by atoms with van der Waals surface area (Å²) in [5.74, 6) is 1.57. The third kappa shape index (κ3) is 9.94. The SMILES string of the molecule is Cc1ccc(C2=C(Cl)C(=O)C(c3ccc(C)cc3)=C(c3cc(C(C)C)c(P(c4c(C(C)C)cc(C(C)C)cc4C(C)C)c4c(C(C)C)cc(C(C)C)cc4C(C)C)c(C(C)C)c3)C2=O)cc1. The Kier molecular flexibility index (Phi) is 15.8. The summed E-state index contributed by atoms with van der Waals surface area (Å²) in [6.45, 7) is 41.6. The van der Waals surface area contributed by atoms with Gasteiger partial charge in [-0.25, -0.2) is 0 Å². The molecule has 1 aliphatic carbocycles. The van der Waals surface area contributed by atoms with Gasteiger partial charge in [0, 0.05) is 11.1 Å². The van der Waals surface area contributed by atoms with E-state index in [4.69, 9.17) is 11.6 Å². The number of halogens is 1. The van der Waals surface area contributed by atoms with Gasteiger partial charge in [-0.15, -0.1) is 0 Å². The van der Waals surface area contributed by atoms with Gasteiger partial charge in [0.25, 0.3) is 0 Å². The van der Waals surface area contributed by atoms with E-state index in [9.17, 15) is 4.79 Å². The van der Waals surface area contributed by atoms with Crippen molar-refractivity contribution < 1.29 is 9.59 Å². The number of benzene rings is 5. The van der Waals surface area contributed by atoms with Crippen LogP contribution in [0.3, 0.4) is 0 Å². The van der Waals surface area contributed by atoms with E-state index in [1.165, 1.54) is 60.4 Å². The number of carbonyl (C=O) groups excluding carboxylic acids is 2. The van der Waals surface area contributed by atoms with Crippen LogP contribution in [0, 0.1) is 13.8 Å². The second kappa shape index (κ2) is 20.5. The van der Waals surface area contributed by atoms with Crippen LogP contribution in [0.25, 0.3) is 16.7 Å². The van der Waals surface area contributed by atoms with Crippen molar-refractivity contribution in [1.29, 1.82) is 0 Å².